The van der Waals surface area contributed by atoms with Crippen LogP contribution in [0.25, 0.3) is 0 Å². The lowest BCUT2D eigenvalue weighted by Crippen LogP contribution is -2.41. The molecule has 0 radical (unpaired) electrons. The lowest BCUT2D eigenvalue weighted by atomic mass is 9.83. The Hall–Kier alpha value is -0.610. The summed E-state index contributed by atoms with van der Waals surface area (Å²) in [5.74, 6) is -1.01. The van der Waals surface area contributed by atoms with Crippen LogP contribution in [-0.4, -0.2) is 28.3 Å². The molecule has 1 fully saturated rings. The van der Waals surface area contributed by atoms with E-state index in [2.05, 4.69) is 0 Å². The second-order valence-electron chi connectivity index (χ2n) is 3.44. The molecule has 0 heterocycles. The molecule has 1 aliphatic carbocycles. The summed E-state index contributed by atoms with van der Waals surface area (Å²) in [5.41, 5.74) is 5.44. The van der Waals surface area contributed by atoms with Crippen molar-refractivity contribution in [2.45, 2.75) is 37.8 Å². The van der Waals surface area contributed by atoms with Crippen molar-refractivity contribution in [1.82, 2.24) is 0 Å². The fraction of sp³-hybridized carbons (Fsp3) is 0.875. The molecule has 4 nitrogen and oxygen atoms in total. The Balaban J connectivity index is 2.45. The van der Waals surface area contributed by atoms with Gasteiger partial charge in [0.05, 0.1) is 6.10 Å². The van der Waals surface area contributed by atoms with Gasteiger partial charge in [0.2, 0.25) is 0 Å². The van der Waals surface area contributed by atoms with Crippen molar-refractivity contribution in [3.63, 3.8) is 0 Å². The third-order valence-electron chi connectivity index (χ3n) is 2.48. The van der Waals surface area contributed by atoms with Gasteiger partial charge in [-0.15, -0.1) is 0 Å². The minimum Gasteiger partial charge on any atom is -0.480 e. The van der Waals surface area contributed by atoms with Crippen molar-refractivity contribution in [1.29, 1.82) is 0 Å². The van der Waals surface area contributed by atoms with E-state index >= 15 is 0 Å². The van der Waals surface area contributed by atoms with Gasteiger partial charge in [0, 0.05) is 0 Å². The average Bonchev–Trinajstić information content (AvgIpc) is 2.03. The van der Waals surface area contributed by atoms with Crippen molar-refractivity contribution in [2.75, 3.05) is 0 Å². The van der Waals surface area contributed by atoms with Crippen LogP contribution in [0.3, 0.4) is 0 Å². The Kier molecular flexibility index (Phi) is 3.05. The zero-order valence-electron chi connectivity index (χ0n) is 6.94. The third kappa shape index (κ3) is 2.19. The van der Waals surface area contributed by atoms with Crippen molar-refractivity contribution >= 4 is 5.97 Å². The molecule has 1 rings (SSSR count). The molecular formula is C8H15NO3. The fourth-order valence-electron chi connectivity index (χ4n) is 1.73. The van der Waals surface area contributed by atoms with Crippen LogP contribution in [0, 0.1) is 5.92 Å². The standard InChI is InChI=1S/C8H15NO3/c9-7(8(11)12)5-2-1-3-6(10)4-5/h5-7,10H,1-4,9H2,(H,11,12)/t5-,6+,7?/m0/s1. The third-order valence-corrected chi connectivity index (χ3v) is 2.48. The predicted molar refractivity (Wildman–Crippen MR) is 43.6 cm³/mol. The number of hydrogen-bond acceptors (Lipinski definition) is 3. The summed E-state index contributed by atoms with van der Waals surface area (Å²) in [4.78, 5) is 10.5. The molecule has 0 aromatic heterocycles. The molecule has 0 amide bonds. The molecule has 1 aliphatic rings. The molecule has 4 N–H and O–H groups in total. The molecule has 3 atom stereocenters. The van der Waals surface area contributed by atoms with E-state index in [1.54, 1.807) is 0 Å². The van der Waals surface area contributed by atoms with Gasteiger partial charge in [0.25, 0.3) is 0 Å². The minimum absolute atomic E-state index is 0.0498. The lowest BCUT2D eigenvalue weighted by Gasteiger charge is -2.28. The highest BCUT2D eigenvalue weighted by Crippen LogP contribution is 2.26. The van der Waals surface area contributed by atoms with Crippen LogP contribution in [0.1, 0.15) is 25.7 Å². The van der Waals surface area contributed by atoms with Crippen LogP contribution in [0.15, 0.2) is 0 Å². The van der Waals surface area contributed by atoms with Crippen LogP contribution in [-0.2, 0) is 4.79 Å². The molecule has 1 unspecified atom stereocenters. The van der Waals surface area contributed by atoms with Crippen LogP contribution < -0.4 is 5.73 Å². The molecule has 0 aliphatic heterocycles. The van der Waals surface area contributed by atoms with Crippen molar-refractivity contribution in [3.8, 4) is 0 Å². The predicted octanol–water partition coefficient (Wildman–Crippen LogP) is -0.0506. The van der Waals surface area contributed by atoms with Crippen LogP contribution in [0.5, 0.6) is 0 Å². The molecule has 4 heteroatoms. The summed E-state index contributed by atoms with van der Waals surface area (Å²) in [6.45, 7) is 0. The van der Waals surface area contributed by atoms with Gasteiger partial charge in [-0.05, 0) is 25.2 Å². The molecule has 0 bridgehead atoms. The molecule has 1 saturated carbocycles. The monoisotopic (exact) mass is 173 g/mol. The first kappa shape index (κ1) is 9.48. The van der Waals surface area contributed by atoms with Crippen LogP contribution in [0.2, 0.25) is 0 Å². The SMILES string of the molecule is NC(C(=O)O)[C@H]1CCC[C@@H](O)C1. The number of aliphatic carboxylic acids is 1. The molecule has 12 heavy (non-hydrogen) atoms. The van der Waals surface area contributed by atoms with Gasteiger partial charge in [-0.25, -0.2) is 0 Å². The molecule has 0 aromatic carbocycles. The highest BCUT2D eigenvalue weighted by atomic mass is 16.4. The number of aliphatic hydroxyl groups excluding tert-OH is 1. The Bertz CT molecular complexity index is 172. The fourth-order valence-corrected chi connectivity index (χ4v) is 1.73. The van der Waals surface area contributed by atoms with Gasteiger partial charge < -0.3 is 15.9 Å². The summed E-state index contributed by atoms with van der Waals surface area (Å²) in [6.07, 6.45) is 2.67. The van der Waals surface area contributed by atoms with Gasteiger partial charge >= 0.3 is 5.97 Å². The minimum atomic E-state index is -0.964. The summed E-state index contributed by atoms with van der Waals surface area (Å²) >= 11 is 0. The van der Waals surface area contributed by atoms with Crippen LogP contribution in [0.4, 0.5) is 0 Å². The van der Waals surface area contributed by atoms with Gasteiger partial charge in [-0.2, -0.15) is 0 Å². The van der Waals surface area contributed by atoms with Gasteiger partial charge in [-0.3, -0.25) is 4.79 Å². The zero-order valence-corrected chi connectivity index (χ0v) is 6.94. The second kappa shape index (κ2) is 3.87. The van der Waals surface area contributed by atoms with Gasteiger partial charge in [-0.1, -0.05) is 6.42 Å². The Labute approximate surface area is 71.4 Å². The van der Waals surface area contributed by atoms with E-state index in [0.29, 0.717) is 6.42 Å². The summed E-state index contributed by atoms with van der Waals surface area (Å²) in [6, 6.07) is -0.806. The van der Waals surface area contributed by atoms with E-state index in [9.17, 15) is 9.90 Å². The van der Waals surface area contributed by atoms with E-state index < -0.39 is 12.0 Å². The van der Waals surface area contributed by atoms with Crippen molar-refractivity contribution < 1.29 is 15.0 Å². The first-order valence-electron chi connectivity index (χ1n) is 4.27. The summed E-state index contributed by atoms with van der Waals surface area (Å²) in [7, 11) is 0. The maximum Gasteiger partial charge on any atom is 0.320 e. The number of hydrogen-bond donors (Lipinski definition) is 3. The van der Waals surface area contributed by atoms with E-state index in [0.717, 1.165) is 19.3 Å². The summed E-state index contributed by atoms with van der Waals surface area (Å²) < 4.78 is 0. The number of nitrogens with two attached hydrogens (primary N) is 1. The largest absolute Gasteiger partial charge is 0.480 e. The normalized spacial score (nSPS) is 32.8. The molecule has 70 valence electrons. The number of carboxylic acid groups (broad SMARTS) is 1. The first-order valence-corrected chi connectivity index (χ1v) is 4.27. The summed E-state index contributed by atoms with van der Waals surface area (Å²) in [5, 5.41) is 17.9. The lowest BCUT2D eigenvalue weighted by molar-refractivity contribution is -0.140. The van der Waals surface area contributed by atoms with E-state index in [1.165, 1.54) is 0 Å². The van der Waals surface area contributed by atoms with Gasteiger partial charge in [0.1, 0.15) is 6.04 Å². The molecule has 0 spiro atoms. The smallest absolute Gasteiger partial charge is 0.320 e. The Morgan fingerprint density at radius 3 is 2.67 bits per heavy atom. The quantitative estimate of drug-likeness (QED) is 0.546. The topological polar surface area (TPSA) is 83.6 Å². The molecular weight excluding hydrogens is 158 g/mol. The number of carbonyl (C=O) groups is 1. The number of aliphatic hydroxyl groups is 1. The van der Waals surface area contributed by atoms with E-state index in [4.69, 9.17) is 10.8 Å². The number of rotatable bonds is 2. The average molecular weight is 173 g/mol. The first-order chi connectivity index (χ1) is 5.61. The van der Waals surface area contributed by atoms with Crippen molar-refractivity contribution in [3.05, 3.63) is 0 Å². The maximum absolute atomic E-state index is 10.5. The van der Waals surface area contributed by atoms with Crippen LogP contribution >= 0.6 is 0 Å². The number of carboxylic acids is 1. The van der Waals surface area contributed by atoms with Gasteiger partial charge in [0.15, 0.2) is 0 Å². The van der Waals surface area contributed by atoms with E-state index in [-0.39, 0.29) is 12.0 Å². The Morgan fingerprint density at radius 2 is 2.17 bits per heavy atom. The second-order valence-corrected chi connectivity index (χ2v) is 3.44. The van der Waals surface area contributed by atoms with E-state index in [1.807, 2.05) is 0 Å². The van der Waals surface area contributed by atoms with Crippen molar-refractivity contribution in [2.24, 2.45) is 11.7 Å². The molecule has 0 saturated heterocycles. The highest BCUT2D eigenvalue weighted by molar-refractivity contribution is 5.73. The maximum atomic E-state index is 10.5. The Morgan fingerprint density at radius 1 is 1.50 bits per heavy atom. The zero-order chi connectivity index (χ0) is 9.14. The highest BCUT2D eigenvalue weighted by Gasteiger charge is 2.29. The molecule has 0 aromatic rings.